The molecule has 2 unspecified atom stereocenters. The highest BCUT2D eigenvalue weighted by Gasteiger charge is 2.18. The number of allylic oxidation sites excluding steroid dienone is 3. The molecule has 0 aliphatic carbocycles. The van der Waals surface area contributed by atoms with Gasteiger partial charge in [0.2, 0.25) is 5.91 Å². The quantitative estimate of drug-likeness (QED) is 0.0320. The van der Waals surface area contributed by atoms with E-state index in [0.29, 0.717) is 19.4 Å². The van der Waals surface area contributed by atoms with E-state index in [-0.39, 0.29) is 18.5 Å². The Balaban J connectivity index is 3.33. The van der Waals surface area contributed by atoms with Crippen LogP contribution in [0.2, 0.25) is 0 Å². The molecule has 0 fully saturated rings. The Bertz CT molecular complexity index is 1400. The Hall–Kier alpha value is -1.66. The second-order valence-corrected chi connectivity index (χ2v) is 28.5. The van der Waals surface area contributed by atoms with Gasteiger partial charge < -0.3 is 20.3 Å². The molecule has 0 aliphatic heterocycles. The molecule has 528 valence electrons. The zero-order valence-corrected chi connectivity index (χ0v) is 60.7. The minimum atomic E-state index is -0.842. The molecule has 0 saturated heterocycles. The number of nitrogens with one attached hydrogen (secondary N) is 1. The van der Waals surface area contributed by atoms with E-state index in [1.807, 2.05) is 6.08 Å². The van der Waals surface area contributed by atoms with Gasteiger partial charge in [0.1, 0.15) is 0 Å². The van der Waals surface area contributed by atoms with Crippen LogP contribution < -0.4 is 5.32 Å². The molecule has 0 aromatic heterocycles. The summed E-state index contributed by atoms with van der Waals surface area (Å²) in [5.41, 5.74) is 0. The van der Waals surface area contributed by atoms with Crippen LogP contribution in [0.1, 0.15) is 470 Å². The Morgan fingerprint density at radius 3 is 0.798 bits per heavy atom. The molecular formula is C83H161NO5. The lowest BCUT2D eigenvalue weighted by Crippen LogP contribution is -2.45. The number of esters is 1. The first kappa shape index (κ1) is 87.3. The molecule has 3 N–H and O–H groups in total. The van der Waals surface area contributed by atoms with E-state index in [4.69, 9.17) is 4.74 Å². The molecule has 0 rings (SSSR count). The molecule has 89 heavy (non-hydrogen) atoms. The van der Waals surface area contributed by atoms with Crippen molar-refractivity contribution in [1.29, 1.82) is 0 Å². The maximum absolute atomic E-state index is 12.5. The number of aliphatic hydroxyl groups excluding tert-OH is 2. The summed E-state index contributed by atoms with van der Waals surface area (Å²) in [5, 5.41) is 23.3. The summed E-state index contributed by atoms with van der Waals surface area (Å²) in [5.74, 6) is -0.0362. The number of ether oxygens (including phenoxy) is 1. The molecule has 2 atom stereocenters. The molecule has 1 amide bonds. The Morgan fingerprint density at radius 2 is 0.528 bits per heavy atom. The zero-order chi connectivity index (χ0) is 64.2. The molecule has 0 aromatic rings. The highest BCUT2D eigenvalue weighted by atomic mass is 16.5. The SMILES string of the molecule is CCCCCCCC/C=C\CCCCCCCCCCCC(=O)OCCCCCCCCCCCCCCCCCCCCCCCCCCCCCCCCCCCC(=O)NC(CO)C(O)/C=C/CCCCCCCCCCCCCCCCCCCC. The summed E-state index contributed by atoms with van der Waals surface area (Å²) in [6.07, 6.45) is 102. The lowest BCUT2D eigenvalue weighted by molar-refractivity contribution is -0.143. The van der Waals surface area contributed by atoms with Gasteiger partial charge in [0.15, 0.2) is 0 Å². The van der Waals surface area contributed by atoms with E-state index in [2.05, 4.69) is 31.3 Å². The smallest absolute Gasteiger partial charge is 0.305 e. The first-order valence-electron chi connectivity index (χ1n) is 41.1. The number of aliphatic hydroxyl groups is 2. The third-order valence-corrected chi connectivity index (χ3v) is 19.5. The number of rotatable bonds is 78. The predicted octanol–water partition coefficient (Wildman–Crippen LogP) is 27.2. The summed E-state index contributed by atoms with van der Waals surface area (Å²) in [4.78, 5) is 24.7. The van der Waals surface area contributed by atoms with Crippen molar-refractivity contribution in [2.75, 3.05) is 13.2 Å². The number of unbranched alkanes of at least 4 members (excludes halogenated alkanes) is 65. The molecule has 0 aliphatic rings. The zero-order valence-electron chi connectivity index (χ0n) is 60.7. The van der Waals surface area contributed by atoms with Crippen LogP contribution in [0.4, 0.5) is 0 Å². The van der Waals surface area contributed by atoms with E-state index in [1.54, 1.807) is 6.08 Å². The molecule has 0 aromatic carbocycles. The van der Waals surface area contributed by atoms with Crippen LogP contribution in [0.15, 0.2) is 24.3 Å². The third kappa shape index (κ3) is 75.3. The van der Waals surface area contributed by atoms with Gasteiger partial charge in [-0.1, -0.05) is 423 Å². The molecule has 6 nitrogen and oxygen atoms in total. The number of hydrogen-bond acceptors (Lipinski definition) is 5. The van der Waals surface area contributed by atoms with Crippen molar-refractivity contribution >= 4 is 11.9 Å². The highest BCUT2D eigenvalue weighted by Crippen LogP contribution is 2.20. The first-order chi connectivity index (χ1) is 44.0. The van der Waals surface area contributed by atoms with Crippen molar-refractivity contribution in [3.8, 4) is 0 Å². The minimum absolute atomic E-state index is 0.0222. The first-order valence-corrected chi connectivity index (χ1v) is 41.1. The molecule has 0 heterocycles. The van der Waals surface area contributed by atoms with Crippen LogP contribution in [0.25, 0.3) is 0 Å². The van der Waals surface area contributed by atoms with Crippen LogP contribution in [0.3, 0.4) is 0 Å². The van der Waals surface area contributed by atoms with Gasteiger partial charge in [0.25, 0.3) is 0 Å². The lowest BCUT2D eigenvalue weighted by Gasteiger charge is -2.20. The maximum Gasteiger partial charge on any atom is 0.305 e. The Labute approximate surface area is 558 Å². The normalized spacial score (nSPS) is 12.5. The summed E-state index contributed by atoms with van der Waals surface area (Å²) in [6.45, 7) is 4.96. The van der Waals surface area contributed by atoms with Gasteiger partial charge in [0.05, 0.1) is 25.4 Å². The van der Waals surface area contributed by atoms with Crippen LogP contribution >= 0.6 is 0 Å². The van der Waals surface area contributed by atoms with E-state index in [9.17, 15) is 19.8 Å². The van der Waals surface area contributed by atoms with Crippen molar-refractivity contribution in [3.63, 3.8) is 0 Å². The highest BCUT2D eigenvalue weighted by molar-refractivity contribution is 5.76. The van der Waals surface area contributed by atoms with Gasteiger partial charge in [-0.05, 0) is 57.8 Å². The maximum atomic E-state index is 12.5. The van der Waals surface area contributed by atoms with Crippen molar-refractivity contribution < 1.29 is 24.5 Å². The summed E-state index contributed by atoms with van der Waals surface area (Å²) < 4.78 is 5.52. The summed E-state index contributed by atoms with van der Waals surface area (Å²) in [7, 11) is 0. The van der Waals surface area contributed by atoms with Crippen LogP contribution in [0.5, 0.6) is 0 Å². The fourth-order valence-electron chi connectivity index (χ4n) is 13.2. The Morgan fingerprint density at radius 1 is 0.303 bits per heavy atom. The number of amides is 1. The summed E-state index contributed by atoms with van der Waals surface area (Å²) in [6, 6.07) is -0.625. The molecule has 0 radical (unpaired) electrons. The number of hydrogen-bond donors (Lipinski definition) is 3. The van der Waals surface area contributed by atoms with Gasteiger partial charge in [-0.3, -0.25) is 9.59 Å². The largest absolute Gasteiger partial charge is 0.466 e. The topological polar surface area (TPSA) is 95.9 Å². The molecule has 0 spiro atoms. The van der Waals surface area contributed by atoms with Gasteiger partial charge in [-0.25, -0.2) is 0 Å². The van der Waals surface area contributed by atoms with Gasteiger partial charge in [-0.15, -0.1) is 0 Å². The van der Waals surface area contributed by atoms with Crippen LogP contribution in [-0.4, -0.2) is 47.4 Å². The lowest BCUT2D eigenvalue weighted by atomic mass is 10.0. The number of carbonyl (C=O) groups excluding carboxylic acids is 2. The van der Waals surface area contributed by atoms with Crippen LogP contribution in [0, 0.1) is 0 Å². The van der Waals surface area contributed by atoms with E-state index < -0.39 is 12.1 Å². The standard InChI is InChI=1S/C83H161NO5/c1-3-5-7-9-11-13-15-17-19-21-23-40-43-47-51-55-59-63-67-71-75-81(86)80(79-85)84-82(87)76-72-68-64-60-56-52-48-44-41-37-35-33-31-29-27-25-24-26-28-30-32-34-36-38-42-46-50-54-58-62-66-70-74-78-89-83(88)77-73-69-65-61-57-53-49-45-39-22-20-18-16-14-12-10-8-6-4-2/h18,20,71,75,80-81,85-86H,3-17,19,21-70,72-74,76-79H2,1-2H3,(H,84,87)/b20-18-,75-71+. The third-order valence-electron chi connectivity index (χ3n) is 19.5. The van der Waals surface area contributed by atoms with Crippen molar-refractivity contribution in [1.82, 2.24) is 5.32 Å². The van der Waals surface area contributed by atoms with E-state index in [1.165, 1.54) is 405 Å². The predicted molar refractivity (Wildman–Crippen MR) is 393 cm³/mol. The second-order valence-electron chi connectivity index (χ2n) is 28.5. The van der Waals surface area contributed by atoms with E-state index >= 15 is 0 Å². The molecule has 6 heteroatoms. The average molecular weight is 1250 g/mol. The number of carbonyl (C=O) groups is 2. The molecular weight excluding hydrogens is 1090 g/mol. The molecule has 0 bridgehead atoms. The second kappa shape index (κ2) is 78.8. The fraction of sp³-hybridized carbons (Fsp3) is 0.928. The fourth-order valence-corrected chi connectivity index (χ4v) is 13.2. The van der Waals surface area contributed by atoms with E-state index in [0.717, 1.165) is 38.5 Å². The van der Waals surface area contributed by atoms with Crippen LogP contribution in [-0.2, 0) is 14.3 Å². The monoisotopic (exact) mass is 1250 g/mol. The average Bonchev–Trinajstić information content (AvgIpc) is 3.57. The van der Waals surface area contributed by atoms with Crippen molar-refractivity contribution in [2.45, 2.75) is 482 Å². The van der Waals surface area contributed by atoms with Gasteiger partial charge in [-0.2, -0.15) is 0 Å². The van der Waals surface area contributed by atoms with Crippen molar-refractivity contribution in [2.24, 2.45) is 0 Å². The minimum Gasteiger partial charge on any atom is -0.466 e. The Kier molecular flexibility index (Phi) is 77.3. The van der Waals surface area contributed by atoms with Gasteiger partial charge in [0, 0.05) is 12.8 Å². The van der Waals surface area contributed by atoms with Crippen molar-refractivity contribution in [3.05, 3.63) is 24.3 Å². The summed E-state index contributed by atoms with van der Waals surface area (Å²) >= 11 is 0. The molecule has 0 saturated carbocycles. The van der Waals surface area contributed by atoms with Gasteiger partial charge >= 0.3 is 5.97 Å².